The summed E-state index contributed by atoms with van der Waals surface area (Å²) in [7, 11) is 1.17. The van der Waals surface area contributed by atoms with Gasteiger partial charge in [-0.2, -0.15) is 0 Å². The lowest BCUT2D eigenvalue weighted by Crippen LogP contribution is -2.37. The van der Waals surface area contributed by atoms with Crippen LogP contribution in [0.25, 0.3) is 0 Å². The second-order valence-corrected chi connectivity index (χ2v) is 30.1. The number of allylic oxidation sites excluding steroid dienone is 20. The van der Waals surface area contributed by atoms with Crippen molar-refractivity contribution >= 4 is 19.8 Å². The first-order valence-electron chi connectivity index (χ1n) is 41.2. The van der Waals surface area contributed by atoms with Crippen LogP contribution in [0, 0.1) is 0 Å². The van der Waals surface area contributed by atoms with Gasteiger partial charge in [0, 0.05) is 12.8 Å². The molecule has 0 heterocycles. The highest BCUT2D eigenvalue weighted by atomic mass is 31.2. The summed E-state index contributed by atoms with van der Waals surface area (Å²) in [5.74, 6) is -0.820. The van der Waals surface area contributed by atoms with Crippen LogP contribution >= 0.6 is 7.82 Å². The van der Waals surface area contributed by atoms with Gasteiger partial charge in [0.1, 0.15) is 19.8 Å². The Balaban J connectivity index is 3.91. The van der Waals surface area contributed by atoms with Gasteiger partial charge in [0.05, 0.1) is 27.7 Å². The maximum absolute atomic E-state index is 12.9. The molecule has 2 atom stereocenters. The Kier molecular flexibility index (Phi) is 74.7. The van der Waals surface area contributed by atoms with Gasteiger partial charge in [0.25, 0.3) is 7.82 Å². The number of phosphoric ester groups is 1. The van der Waals surface area contributed by atoms with Crippen LogP contribution in [0.4, 0.5) is 0 Å². The zero-order valence-corrected chi connectivity index (χ0v) is 65.6. The molecule has 98 heavy (non-hydrogen) atoms. The van der Waals surface area contributed by atoms with E-state index in [1.54, 1.807) is 0 Å². The van der Waals surface area contributed by atoms with Crippen molar-refractivity contribution in [2.75, 3.05) is 47.5 Å². The highest BCUT2D eigenvalue weighted by molar-refractivity contribution is 7.45. The number of quaternary nitrogens is 1. The van der Waals surface area contributed by atoms with E-state index in [9.17, 15) is 19.0 Å². The number of phosphoric acid groups is 1. The molecule has 0 spiro atoms. The third-order valence-corrected chi connectivity index (χ3v) is 18.9. The minimum Gasteiger partial charge on any atom is -0.756 e. The molecule has 0 saturated carbocycles. The topological polar surface area (TPSA) is 111 Å². The molecule has 0 aliphatic heterocycles. The summed E-state index contributed by atoms with van der Waals surface area (Å²) in [6.45, 7) is 4.06. The van der Waals surface area contributed by atoms with Gasteiger partial charge in [0.2, 0.25) is 0 Å². The summed E-state index contributed by atoms with van der Waals surface area (Å²) >= 11 is 0. The van der Waals surface area contributed by atoms with Gasteiger partial charge in [-0.25, -0.2) is 0 Å². The van der Waals surface area contributed by atoms with Gasteiger partial charge in [-0.15, -0.1) is 0 Å². The summed E-state index contributed by atoms with van der Waals surface area (Å²) in [6.07, 6.45) is 112. The van der Waals surface area contributed by atoms with Crippen molar-refractivity contribution in [3.63, 3.8) is 0 Å². The summed E-state index contributed by atoms with van der Waals surface area (Å²) in [5, 5.41) is 0. The van der Waals surface area contributed by atoms with Crippen LogP contribution < -0.4 is 4.89 Å². The van der Waals surface area contributed by atoms with Gasteiger partial charge < -0.3 is 27.9 Å². The molecule has 0 aromatic rings. The third kappa shape index (κ3) is 81.4. The van der Waals surface area contributed by atoms with Gasteiger partial charge in [-0.1, -0.05) is 379 Å². The largest absolute Gasteiger partial charge is 0.756 e. The monoisotopic (exact) mass is 1390 g/mol. The lowest BCUT2D eigenvalue weighted by atomic mass is 10.0. The van der Waals surface area contributed by atoms with Crippen molar-refractivity contribution in [1.82, 2.24) is 0 Å². The third-order valence-electron chi connectivity index (χ3n) is 18.0. The predicted molar refractivity (Wildman–Crippen MR) is 425 cm³/mol. The van der Waals surface area contributed by atoms with Gasteiger partial charge in [-0.3, -0.25) is 14.2 Å². The molecule has 0 N–H and O–H groups in total. The lowest BCUT2D eigenvalue weighted by Gasteiger charge is -2.28. The summed E-state index contributed by atoms with van der Waals surface area (Å²) in [5.41, 5.74) is 0. The Labute approximate surface area is 607 Å². The van der Waals surface area contributed by atoms with E-state index in [2.05, 4.69) is 135 Å². The van der Waals surface area contributed by atoms with Crippen LogP contribution in [0.3, 0.4) is 0 Å². The van der Waals surface area contributed by atoms with E-state index in [1.807, 2.05) is 21.1 Å². The average molecular weight is 1390 g/mol. The van der Waals surface area contributed by atoms with E-state index in [1.165, 1.54) is 238 Å². The van der Waals surface area contributed by atoms with Crippen molar-refractivity contribution in [3.8, 4) is 0 Å². The van der Waals surface area contributed by atoms with E-state index in [0.29, 0.717) is 17.4 Å². The van der Waals surface area contributed by atoms with Gasteiger partial charge in [-0.05, 0) is 103 Å². The van der Waals surface area contributed by atoms with E-state index >= 15 is 0 Å². The molecule has 566 valence electrons. The SMILES string of the molecule is CC/C=C\C/C=C\C/C=C\C/C=C\C/C=C\C/C=C\CCCCCCCCCCCCCCCCC(=O)OC(COC(=O)CCCCCCCCCCCCCCCCCCCCCCCCCCCCCC/C=C\C/C=C\C/C=C\C/C=C\CC)COP(=O)([O-])OCC[N+](C)(C)C. The number of carbonyl (C=O) groups is 2. The molecular formula is C88H156NO8P. The fourth-order valence-electron chi connectivity index (χ4n) is 11.8. The Morgan fingerprint density at radius 3 is 0.816 bits per heavy atom. The second-order valence-electron chi connectivity index (χ2n) is 28.7. The maximum atomic E-state index is 12.9. The van der Waals surface area contributed by atoms with Gasteiger partial charge >= 0.3 is 11.9 Å². The quantitative estimate of drug-likeness (QED) is 0.0195. The zero-order chi connectivity index (χ0) is 71.1. The number of rotatable bonds is 76. The van der Waals surface area contributed by atoms with Crippen LogP contribution in [0.1, 0.15) is 373 Å². The number of ether oxygens (including phenoxy) is 2. The van der Waals surface area contributed by atoms with E-state index in [0.717, 1.165) is 103 Å². The highest BCUT2D eigenvalue weighted by Crippen LogP contribution is 2.38. The standard InChI is InChI=1S/C88H156NO8P/c1-6-8-10-12-14-16-18-20-22-24-26-28-30-32-34-36-38-40-41-42-43-44-45-46-47-49-50-52-54-56-58-60-62-64-66-68-70-72-74-76-78-80-87(90)94-84-86(85-96-98(92,93)95-83-82-89(3,4)5)97-88(91)81-79-77-75-73-71-69-67-65-63-61-59-57-55-53-51-48-39-37-35-33-31-29-27-25-23-21-19-17-15-13-11-9-7-2/h8-11,14-17,20-23,26-29,33,35,39,48,86H,6-7,12-13,18-19,24-25,30-32,34,36-38,40-47,49-85H2,1-5H3/b10-8-,11-9-,16-14-,17-15-,22-20-,23-21-,28-26-,29-27-,35-33-,48-39-. The highest BCUT2D eigenvalue weighted by Gasteiger charge is 2.22. The average Bonchev–Trinajstić information content (AvgIpc) is 1.08. The van der Waals surface area contributed by atoms with Gasteiger partial charge in [0.15, 0.2) is 6.10 Å². The molecule has 0 fully saturated rings. The molecule has 0 aliphatic carbocycles. The van der Waals surface area contributed by atoms with E-state index in [4.69, 9.17) is 18.5 Å². The smallest absolute Gasteiger partial charge is 0.306 e. The molecule has 9 nitrogen and oxygen atoms in total. The van der Waals surface area contributed by atoms with E-state index in [-0.39, 0.29) is 32.0 Å². The molecule has 0 aliphatic rings. The van der Waals surface area contributed by atoms with Crippen LogP contribution in [0.2, 0.25) is 0 Å². The first-order valence-corrected chi connectivity index (χ1v) is 42.7. The van der Waals surface area contributed by atoms with Crippen molar-refractivity contribution in [3.05, 3.63) is 122 Å². The minimum absolute atomic E-state index is 0.0325. The number of unbranched alkanes of at least 4 members (excludes halogenated alkanes) is 42. The molecule has 10 heteroatoms. The van der Waals surface area contributed by atoms with Crippen LogP contribution in [-0.4, -0.2) is 70.0 Å². The fourth-order valence-corrected chi connectivity index (χ4v) is 12.5. The molecule has 2 unspecified atom stereocenters. The fraction of sp³-hybridized carbons (Fsp3) is 0.750. The Hall–Kier alpha value is -3.59. The number of hydrogen-bond donors (Lipinski definition) is 0. The van der Waals surface area contributed by atoms with Crippen molar-refractivity contribution in [2.45, 2.75) is 380 Å². The number of nitrogens with zero attached hydrogens (tertiary/aromatic N) is 1. The maximum Gasteiger partial charge on any atom is 0.306 e. The first kappa shape index (κ1) is 94.4. The van der Waals surface area contributed by atoms with Crippen LogP contribution in [0.5, 0.6) is 0 Å². The molecule has 0 bridgehead atoms. The molecule has 0 radical (unpaired) electrons. The molecule has 0 amide bonds. The summed E-state index contributed by atoms with van der Waals surface area (Å²) in [6, 6.07) is 0. The summed E-state index contributed by atoms with van der Waals surface area (Å²) in [4.78, 5) is 38.2. The Bertz CT molecular complexity index is 2070. The van der Waals surface area contributed by atoms with Crippen LogP contribution in [0.15, 0.2) is 122 Å². The lowest BCUT2D eigenvalue weighted by molar-refractivity contribution is -0.870. The number of likely N-dealkylation sites (N-methyl/N-ethyl adjacent to an activating group) is 1. The number of hydrogen-bond acceptors (Lipinski definition) is 8. The number of carbonyl (C=O) groups excluding carboxylic acids is 2. The molecule has 0 rings (SSSR count). The molecular weight excluding hydrogens is 1230 g/mol. The Morgan fingerprint density at radius 1 is 0.316 bits per heavy atom. The molecule has 0 saturated heterocycles. The Morgan fingerprint density at radius 2 is 0.551 bits per heavy atom. The second kappa shape index (κ2) is 77.6. The summed E-state index contributed by atoms with van der Waals surface area (Å²) < 4.78 is 34.4. The number of esters is 2. The van der Waals surface area contributed by atoms with Crippen LogP contribution in [-0.2, 0) is 32.7 Å². The minimum atomic E-state index is -4.65. The zero-order valence-electron chi connectivity index (χ0n) is 64.7. The molecule has 0 aromatic carbocycles. The van der Waals surface area contributed by atoms with Crippen molar-refractivity contribution < 1.29 is 42.1 Å². The predicted octanol–water partition coefficient (Wildman–Crippen LogP) is 27.1. The van der Waals surface area contributed by atoms with Crippen molar-refractivity contribution in [2.24, 2.45) is 0 Å². The van der Waals surface area contributed by atoms with Crippen molar-refractivity contribution in [1.29, 1.82) is 0 Å². The first-order chi connectivity index (χ1) is 48.0. The molecule has 0 aromatic heterocycles. The van der Waals surface area contributed by atoms with E-state index < -0.39 is 26.5 Å². The normalized spacial score (nSPS) is 13.7.